The van der Waals surface area contributed by atoms with Crippen molar-refractivity contribution in [2.75, 3.05) is 0 Å². The summed E-state index contributed by atoms with van der Waals surface area (Å²) >= 11 is 1.34. The zero-order valence-corrected chi connectivity index (χ0v) is 11.9. The zero-order valence-electron chi connectivity index (χ0n) is 11.0. The number of hydrogen-bond donors (Lipinski definition) is 1. The van der Waals surface area contributed by atoms with Crippen molar-refractivity contribution in [3.05, 3.63) is 34.6 Å². The first-order chi connectivity index (χ1) is 9.04. The van der Waals surface area contributed by atoms with Gasteiger partial charge in [-0.2, -0.15) is 0 Å². The number of carbonyl (C=O) groups is 1. The number of carboxylic acids is 1. The molecule has 0 radical (unpaired) electrons. The molecule has 102 valence electrons. The van der Waals surface area contributed by atoms with Gasteiger partial charge in [-0.1, -0.05) is 37.5 Å². The molecule has 2 aromatic rings. The number of rotatable bonds is 5. The molecule has 1 heterocycles. The molecule has 0 unspecified atom stereocenters. The number of aromatic nitrogens is 1. The predicted octanol–water partition coefficient (Wildman–Crippen LogP) is 2.95. The van der Waals surface area contributed by atoms with Gasteiger partial charge in [-0.15, -0.1) is 0 Å². The van der Waals surface area contributed by atoms with Crippen molar-refractivity contribution in [1.29, 1.82) is 0 Å². The molecule has 4 nitrogen and oxygen atoms in total. The summed E-state index contributed by atoms with van der Waals surface area (Å²) in [4.78, 5) is 23.7. The number of hydrogen-bond acceptors (Lipinski definition) is 3. The topological polar surface area (TPSA) is 59.3 Å². The SMILES string of the molecule is CCC(CC)(Cn1sc2ccccc2c1=O)C(=O)O. The van der Waals surface area contributed by atoms with Gasteiger partial charge < -0.3 is 5.11 Å². The monoisotopic (exact) mass is 279 g/mol. The lowest BCUT2D eigenvalue weighted by molar-refractivity contribution is -0.150. The van der Waals surface area contributed by atoms with E-state index in [1.807, 2.05) is 32.0 Å². The second-order valence-electron chi connectivity index (χ2n) is 4.72. The molecule has 5 heteroatoms. The third-order valence-electron chi connectivity index (χ3n) is 3.81. The van der Waals surface area contributed by atoms with E-state index in [4.69, 9.17) is 0 Å². The molecule has 19 heavy (non-hydrogen) atoms. The van der Waals surface area contributed by atoms with E-state index in [2.05, 4.69) is 0 Å². The van der Waals surface area contributed by atoms with Crippen molar-refractivity contribution < 1.29 is 9.90 Å². The lowest BCUT2D eigenvalue weighted by atomic mass is 9.82. The van der Waals surface area contributed by atoms with E-state index in [1.54, 1.807) is 10.0 Å². The van der Waals surface area contributed by atoms with Crippen LogP contribution in [0.25, 0.3) is 10.1 Å². The highest BCUT2D eigenvalue weighted by molar-refractivity contribution is 7.13. The van der Waals surface area contributed by atoms with E-state index in [9.17, 15) is 14.7 Å². The van der Waals surface area contributed by atoms with Crippen LogP contribution in [0.1, 0.15) is 26.7 Å². The number of nitrogens with zero attached hydrogens (tertiary/aromatic N) is 1. The maximum atomic E-state index is 12.2. The van der Waals surface area contributed by atoms with Crippen LogP contribution >= 0.6 is 11.5 Å². The van der Waals surface area contributed by atoms with E-state index >= 15 is 0 Å². The molecular formula is C14H17NO3S. The van der Waals surface area contributed by atoms with Crippen LogP contribution in [-0.4, -0.2) is 15.0 Å². The molecule has 0 atom stereocenters. The second-order valence-corrected chi connectivity index (χ2v) is 5.78. The maximum absolute atomic E-state index is 12.2. The Kier molecular flexibility index (Phi) is 3.75. The molecule has 1 N–H and O–H groups in total. The Balaban J connectivity index is 2.48. The number of carboxylic acid groups (broad SMARTS) is 1. The quantitative estimate of drug-likeness (QED) is 0.915. The van der Waals surface area contributed by atoms with Crippen LogP contribution in [0.3, 0.4) is 0 Å². The van der Waals surface area contributed by atoms with Crippen LogP contribution in [0.15, 0.2) is 29.1 Å². The van der Waals surface area contributed by atoms with Crippen LogP contribution in [0, 0.1) is 5.41 Å². The van der Waals surface area contributed by atoms with E-state index in [1.165, 1.54) is 11.5 Å². The van der Waals surface area contributed by atoms with Crippen LogP contribution in [-0.2, 0) is 11.3 Å². The van der Waals surface area contributed by atoms with Crippen LogP contribution in [0.5, 0.6) is 0 Å². The van der Waals surface area contributed by atoms with E-state index in [-0.39, 0.29) is 12.1 Å². The molecule has 0 saturated carbocycles. The predicted molar refractivity (Wildman–Crippen MR) is 76.7 cm³/mol. The average Bonchev–Trinajstić information content (AvgIpc) is 2.73. The molecule has 1 aromatic heterocycles. The van der Waals surface area contributed by atoms with Gasteiger partial charge in [0.05, 0.1) is 22.0 Å². The van der Waals surface area contributed by atoms with Crippen LogP contribution in [0.2, 0.25) is 0 Å². The largest absolute Gasteiger partial charge is 0.481 e. The number of aliphatic carboxylic acids is 1. The van der Waals surface area contributed by atoms with Gasteiger partial charge in [-0.05, 0) is 25.0 Å². The fourth-order valence-corrected chi connectivity index (χ4v) is 3.36. The molecule has 0 fully saturated rings. The zero-order chi connectivity index (χ0) is 14.0. The van der Waals surface area contributed by atoms with Gasteiger partial charge in [0.2, 0.25) is 0 Å². The van der Waals surface area contributed by atoms with Gasteiger partial charge >= 0.3 is 5.97 Å². The number of fused-ring (bicyclic) bond motifs is 1. The maximum Gasteiger partial charge on any atom is 0.311 e. The van der Waals surface area contributed by atoms with Gasteiger partial charge in [0.25, 0.3) is 5.56 Å². The molecule has 0 saturated heterocycles. The van der Waals surface area contributed by atoms with Crippen molar-refractivity contribution in [2.45, 2.75) is 33.2 Å². The molecule has 0 bridgehead atoms. The normalized spacial score (nSPS) is 11.9. The van der Waals surface area contributed by atoms with E-state index in [0.29, 0.717) is 18.2 Å². The third kappa shape index (κ3) is 2.30. The smallest absolute Gasteiger partial charge is 0.311 e. The fraction of sp³-hybridized carbons (Fsp3) is 0.429. The van der Waals surface area contributed by atoms with Crippen LogP contribution in [0.4, 0.5) is 0 Å². The van der Waals surface area contributed by atoms with Gasteiger partial charge in [0, 0.05) is 0 Å². The molecule has 0 aliphatic heterocycles. The molecule has 0 amide bonds. The summed E-state index contributed by atoms with van der Waals surface area (Å²) in [5, 5.41) is 10.1. The molecule has 0 aliphatic carbocycles. The molecule has 1 aromatic carbocycles. The van der Waals surface area contributed by atoms with Crippen molar-refractivity contribution in [3.63, 3.8) is 0 Å². The lowest BCUT2D eigenvalue weighted by Gasteiger charge is -2.26. The highest BCUT2D eigenvalue weighted by Crippen LogP contribution is 2.30. The Morgan fingerprint density at radius 1 is 1.32 bits per heavy atom. The van der Waals surface area contributed by atoms with E-state index in [0.717, 1.165) is 4.70 Å². The fourth-order valence-electron chi connectivity index (χ4n) is 2.24. The summed E-state index contributed by atoms with van der Waals surface area (Å²) in [7, 11) is 0. The summed E-state index contributed by atoms with van der Waals surface area (Å²) in [6, 6.07) is 7.38. The minimum absolute atomic E-state index is 0.0897. The van der Waals surface area contributed by atoms with Gasteiger partial charge in [-0.25, -0.2) is 0 Å². The summed E-state index contributed by atoms with van der Waals surface area (Å²) in [5.74, 6) is -0.832. The first-order valence-electron chi connectivity index (χ1n) is 6.36. The van der Waals surface area contributed by atoms with Gasteiger partial charge in [0.15, 0.2) is 0 Å². The lowest BCUT2D eigenvalue weighted by Crippen LogP contribution is -2.36. The van der Waals surface area contributed by atoms with Gasteiger partial charge in [0.1, 0.15) is 0 Å². The molecule has 0 aliphatic rings. The Labute approximate surface area is 115 Å². The van der Waals surface area contributed by atoms with E-state index < -0.39 is 11.4 Å². The molecular weight excluding hydrogens is 262 g/mol. The first-order valence-corrected chi connectivity index (χ1v) is 7.13. The molecule has 0 spiro atoms. The Morgan fingerprint density at radius 3 is 2.47 bits per heavy atom. The number of benzene rings is 1. The molecule has 2 rings (SSSR count). The summed E-state index contributed by atoms with van der Waals surface area (Å²) < 4.78 is 2.48. The van der Waals surface area contributed by atoms with Gasteiger partial charge in [-0.3, -0.25) is 13.5 Å². The van der Waals surface area contributed by atoms with Crippen molar-refractivity contribution in [2.24, 2.45) is 5.41 Å². The van der Waals surface area contributed by atoms with Crippen LogP contribution < -0.4 is 5.56 Å². The minimum Gasteiger partial charge on any atom is -0.481 e. The third-order valence-corrected chi connectivity index (χ3v) is 4.87. The summed E-state index contributed by atoms with van der Waals surface area (Å²) in [6.07, 6.45) is 1.03. The first kappa shape index (κ1) is 13.8. The standard InChI is InChI=1S/C14H17NO3S/c1-3-14(4-2,13(17)18)9-15-12(16)10-7-5-6-8-11(10)19-15/h5-8H,3-4,9H2,1-2H3,(H,17,18). The Bertz CT molecular complexity index is 652. The van der Waals surface area contributed by atoms with Crippen molar-refractivity contribution in [3.8, 4) is 0 Å². The summed E-state index contributed by atoms with van der Waals surface area (Å²) in [5.41, 5.74) is -0.946. The minimum atomic E-state index is -0.856. The highest BCUT2D eigenvalue weighted by atomic mass is 32.1. The highest BCUT2D eigenvalue weighted by Gasteiger charge is 2.36. The van der Waals surface area contributed by atoms with Crippen molar-refractivity contribution >= 4 is 27.6 Å². The summed E-state index contributed by atoms with van der Waals surface area (Å²) in [6.45, 7) is 3.96. The second kappa shape index (κ2) is 5.17. The van der Waals surface area contributed by atoms with Crippen molar-refractivity contribution in [1.82, 2.24) is 3.96 Å². The Morgan fingerprint density at radius 2 is 1.95 bits per heavy atom. The average molecular weight is 279 g/mol. The Hall–Kier alpha value is -1.62.